The molecular weight excluding hydrogens is 276 g/mol. The van der Waals surface area contributed by atoms with Crippen LogP contribution in [0.4, 0.5) is 5.69 Å². The van der Waals surface area contributed by atoms with Crippen LogP contribution >= 0.6 is 0 Å². The van der Waals surface area contributed by atoms with Gasteiger partial charge >= 0.3 is 0 Å². The molecule has 4 heteroatoms. The third-order valence-corrected chi connectivity index (χ3v) is 4.11. The van der Waals surface area contributed by atoms with Gasteiger partial charge in [-0.15, -0.1) is 0 Å². The molecule has 4 nitrogen and oxygen atoms in total. The molecule has 1 heterocycles. The van der Waals surface area contributed by atoms with Crippen LogP contribution < -0.4 is 5.32 Å². The van der Waals surface area contributed by atoms with Crippen molar-refractivity contribution in [1.29, 1.82) is 0 Å². The number of hydrogen-bond donors (Lipinski definition) is 1. The lowest BCUT2D eigenvalue weighted by atomic mass is 9.95. The molecule has 120 valence electrons. The van der Waals surface area contributed by atoms with E-state index in [0.29, 0.717) is 11.3 Å². The number of benzene rings is 1. The summed E-state index contributed by atoms with van der Waals surface area (Å²) in [4.78, 5) is 26.7. The van der Waals surface area contributed by atoms with Crippen molar-refractivity contribution in [2.24, 2.45) is 5.41 Å². The maximum absolute atomic E-state index is 12.7. The quantitative estimate of drug-likeness (QED) is 0.906. The third kappa shape index (κ3) is 3.87. The van der Waals surface area contributed by atoms with Crippen molar-refractivity contribution in [3.63, 3.8) is 0 Å². The second-order valence-corrected chi connectivity index (χ2v) is 7.13. The monoisotopic (exact) mass is 302 g/mol. The van der Waals surface area contributed by atoms with E-state index in [1.165, 1.54) is 6.42 Å². The van der Waals surface area contributed by atoms with Gasteiger partial charge in [0.05, 0.1) is 0 Å². The van der Waals surface area contributed by atoms with E-state index in [9.17, 15) is 9.59 Å². The van der Waals surface area contributed by atoms with Gasteiger partial charge in [0.25, 0.3) is 5.91 Å². The van der Waals surface area contributed by atoms with E-state index >= 15 is 0 Å². The number of hydrogen-bond acceptors (Lipinski definition) is 2. The molecule has 0 aromatic heterocycles. The lowest BCUT2D eigenvalue weighted by molar-refractivity contribution is -0.123. The van der Waals surface area contributed by atoms with Crippen molar-refractivity contribution < 1.29 is 9.59 Å². The van der Waals surface area contributed by atoms with Gasteiger partial charge in [0.2, 0.25) is 5.91 Å². The Kier molecular flexibility index (Phi) is 4.89. The average molecular weight is 302 g/mol. The Morgan fingerprint density at radius 1 is 1.23 bits per heavy atom. The summed E-state index contributed by atoms with van der Waals surface area (Å²) < 4.78 is 0. The number of carbonyl (C=O) groups is 2. The summed E-state index contributed by atoms with van der Waals surface area (Å²) in [5, 5.41) is 2.88. The van der Waals surface area contributed by atoms with Gasteiger partial charge in [-0.2, -0.15) is 0 Å². The van der Waals surface area contributed by atoms with Crippen molar-refractivity contribution in [2.45, 2.75) is 53.0 Å². The number of carbonyl (C=O) groups excluding carboxylic acids is 2. The highest BCUT2D eigenvalue weighted by atomic mass is 16.2. The minimum Gasteiger partial charge on any atom is -0.336 e. The van der Waals surface area contributed by atoms with E-state index in [0.717, 1.165) is 19.4 Å². The van der Waals surface area contributed by atoms with Gasteiger partial charge in [0.15, 0.2) is 0 Å². The topological polar surface area (TPSA) is 49.4 Å². The van der Waals surface area contributed by atoms with Crippen LogP contribution in [0.5, 0.6) is 0 Å². The van der Waals surface area contributed by atoms with Crippen LogP contribution in [-0.2, 0) is 4.79 Å². The van der Waals surface area contributed by atoms with Crippen LogP contribution in [0.3, 0.4) is 0 Å². The summed E-state index contributed by atoms with van der Waals surface area (Å²) in [6, 6.07) is 7.51. The number of nitrogens with one attached hydrogen (secondary N) is 1. The minimum absolute atomic E-state index is 0.0524. The zero-order chi connectivity index (χ0) is 16.3. The summed E-state index contributed by atoms with van der Waals surface area (Å²) in [7, 11) is 0. The average Bonchev–Trinajstić information content (AvgIpc) is 2.46. The Hall–Kier alpha value is -1.84. The van der Waals surface area contributed by atoms with E-state index in [-0.39, 0.29) is 17.9 Å². The van der Waals surface area contributed by atoms with E-state index < -0.39 is 5.41 Å². The Morgan fingerprint density at radius 3 is 2.59 bits per heavy atom. The van der Waals surface area contributed by atoms with Gasteiger partial charge in [-0.1, -0.05) is 26.8 Å². The predicted octanol–water partition coefficient (Wildman–Crippen LogP) is 3.69. The fourth-order valence-corrected chi connectivity index (χ4v) is 2.61. The van der Waals surface area contributed by atoms with Gasteiger partial charge in [-0.25, -0.2) is 0 Å². The van der Waals surface area contributed by atoms with Gasteiger partial charge in [0.1, 0.15) is 0 Å². The summed E-state index contributed by atoms with van der Waals surface area (Å²) >= 11 is 0. The minimum atomic E-state index is -0.457. The molecule has 1 aliphatic rings. The maximum Gasteiger partial charge on any atom is 0.254 e. The number of likely N-dealkylation sites (tertiary alicyclic amines) is 1. The Bertz CT molecular complexity index is 560. The van der Waals surface area contributed by atoms with Crippen molar-refractivity contribution in [2.75, 3.05) is 11.9 Å². The number of amides is 2. The maximum atomic E-state index is 12.7. The number of rotatable bonds is 2. The van der Waals surface area contributed by atoms with E-state index in [1.54, 1.807) is 6.07 Å². The Balaban J connectivity index is 2.14. The zero-order valence-corrected chi connectivity index (χ0v) is 14.0. The van der Waals surface area contributed by atoms with Gasteiger partial charge in [0, 0.05) is 29.3 Å². The van der Waals surface area contributed by atoms with Crippen molar-refractivity contribution >= 4 is 17.5 Å². The first kappa shape index (κ1) is 16.5. The van der Waals surface area contributed by atoms with Crippen LogP contribution in [-0.4, -0.2) is 29.3 Å². The molecule has 1 fully saturated rings. The summed E-state index contributed by atoms with van der Waals surface area (Å²) in [5.41, 5.74) is 0.859. The second kappa shape index (κ2) is 6.51. The van der Waals surface area contributed by atoms with E-state index in [2.05, 4.69) is 12.2 Å². The molecule has 22 heavy (non-hydrogen) atoms. The van der Waals surface area contributed by atoms with Crippen LogP contribution in [0.25, 0.3) is 0 Å². The Morgan fingerprint density at radius 2 is 1.95 bits per heavy atom. The smallest absolute Gasteiger partial charge is 0.254 e. The van der Waals surface area contributed by atoms with Crippen LogP contribution in [0.1, 0.15) is 57.3 Å². The van der Waals surface area contributed by atoms with Gasteiger partial charge in [-0.05, 0) is 44.4 Å². The summed E-state index contributed by atoms with van der Waals surface area (Å²) in [6.07, 6.45) is 3.31. The first-order valence-corrected chi connectivity index (χ1v) is 8.01. The molecule has 0 bridgehead atoms. The highest BCUT2D eigenvalue weighted by molar-refractivity contribution is 5.98. The van der Waals surface area contributed by atoms with Crippen molar-refractivity contribution in [3.05, 3.63) is 29.8 Å². The van der Waals surface area contributed by atoms with Gasteiger partial charge < -0.3 is 10.2 Å². The first-order valence-electron chi connectivity index (χ1n) is 8.01. The molecule has 2 rings (SSSR count). The lowest BCUT2D eigenvalue weighted by Gasteiger charge is -2.33. The lowest BCUT2D eigenvalue weighted by Crippen LogP contribution is -2.42. The normalized spacial score (nSPS) is 18.9. The highest BCUT2D eigenvalue weighted by Crippen LogP contribution is 2.22. The fourth-order valence-electron chi connectivity index (χ4n) is 2.61. The molecule has 0 saturated carbocycles. The van der Waals surface area contributed by atoms with Crippen LogP contribution in [0.15, 0.2) is 24.3 Å². The highest BCUT2D eigenvalue weighted by Gasteiger charge is 2.25. The fraction of sp³-hybridized carbons (Fsp3) is 0.556. The SMILES string of the molecule is CC1CCCCN1C(=O)c1cccc(NC(=O)C(C)(C)C)c1. The van der Waals surface area contributed by atoms with Gasteiger partial charge in [-0.3, -0.25) is 9.59 Å². The zero-order valence-electron chi connectivity index (χ0n) is 14.0. The molecule has 1 unspecified atom stereocenters. The summed E-state index contributed by atoms with van der Waals surface area (Å²) in [6.45, 7) is 8.52. The molecule has 0 aliphatic carbocycles. The largest absolute Gasteiger partial charge is 0.336 e. The standard InChI is InChI=1S/C18H26N2O2/c1-13-8-5-6-11-20(13)16(21)14-9-7-10-15(12-14)19-17(22)18(2,3)4/h7,9-10,12-13H,5-6,8,11H2,1-4H3,(H,19,22). The van der Waals surface area contributed by atoms with Crippen molar-refractivity contribution in [1.82, 2.24) is 4.90 Å². The van der Waals surface area contributed by atoms with Crippen molar-refractivity contribution in [3.8, 4) is 0 Å². The van der Waals surface area contributed by atoms with Crippen LogP contribution in [0.2, 0.25) is 0 Å². The molecule has 1 N–H and O–H groups in total. The number of anilines is 1. The molecule has 1 aromatic rings. The number of nitrogens with zero attached hydrogens (tertiary/aromatic N) is 1. The van der Waals surface area contributed by atoms with E-state index in [4.69, 9.17) is 0 Å². The third-order valence-electron chi connectivity index (χ3n) is 4.11. The molecular formula is C18H26N2O2. The Labute approximate surface area is 132 Å². The molecule has 1 atom stereocenters. The second-order valence-electron chi connectivity index (χ2n) is 7.13. The molecule has 1 aliphatic heterocycles. The first-order chi connectivity index (χ1) is 10.3. The molecule has 1 aromatic carbocycles. The van der Waals surface area contributed by atoms with Crippen LogP contribution in [0, 0.1) is 5.41 Å². The summed E-state index contributed by atoms with van der Waals surface area (Å²) in [5.74, 6) is 0.00231. The molecule has 1 saturated heterocycles. The van der Waals surface area contributed by atoms with E-state index in [1.807, 2.05) is 43.9 Å². The molecule has 2 amide bonds. The number of piperidine rings is 1. The molecule has 0 spiro atoms. The predicted molar refractivity (Wildman–Crippen MR) is 88.9 cm³/mol. The molecule has 0 radical (unpaired) electrons.